The van der Waals surface area contributed by atoms with Crippen LogP contribution in [0.4, 0.5) is 17.1 Å². The van der Waals surface area contributed by atoms with Crippen LogP contribution in [0, 0.1) is 0 Å². The zero-order valence-corrected chi connectivity index (χ0v) is 27.6. The molecule has 0 atom stereocenters. The molecule has 0 aliphatic rings. The third-order valence-corrected chi connectivity index (χ3v) is 10.5. The van der Waals surface area contributed by atoms with Crippen molar-refractivity contribution in [1.29, 1.82) is 0 Å². The standard InChI is InChI=1S/C48H30N2O/c1-2-15-35(16-3-1)49(45-20-10-19-41-42-27-23-33-13-7-9-18-39(33)47(42)51-48(41)45)37-25-28-44-43(30-37)40-26-22-32-12-6-8-17-38(32)46(40)50(44)36-24-21-31-11-4-5-14-34(31)29-36/h1-30H. The molecule has 3 heteroatoms. The van der Waals surface area contributed by atoms with Gasteiger partial charge in [0.1, 0.15) is 5.58 Å². The lowest BCUT2D eigenvalue weighted by atomic mass is 10.0. The highest BCUT2D eigenvalue weighted by Crippen LogP contribution is 2.45. The maximum atomic E-state index is 6.88. The minimum atomic E-state index is 0.873. The van der Waals surface area contributed by atoms with Crippen molar-refractivity contribution in [3.8, 4) is 5.69 Å². The average Bonchev–Trinajstić information content (AvgIpc) is 3.75. The van der Waals surface area contributed by atoms with Crippen molar-refractivity contribution in [2.75, 3.05) is 4.90 Å². The van der Waals surface area contributed by atoms with Crippen molar-refractivity contribution >= 4 is 93.1 Å². The van der Waals surface area contributed by atoms with E-state index >= 15 is 0 Å². The molecule has 0 aliphatic carbocycles. The van der Waals surface area contributed by atoms with Crippen LogP contribution in [-0.4, -0.2) is 4.57 Å². The number of benzene rings is 9. The first-order chi connectivity index (χ1) is 25.3. The average molecular weight is 651 g/mol. The lowest BCUT2D eigenvalue weighted by Crippen LogP contribution is -2.10. The minimum Gasteiger partial charge on any atom is -0.453 e. The van der Waals surface area contributed by atoms with Crippen LogP contribution in [0.1, 0.15) is 0 Å². The van der Waals surface area contributed by atoms with Gasteiger partial charge in [0.15, 0.2) is 5.58 Å². The van der Waals surface area contributed by atoms with Gasteiger partial charge in [-0.15, -0.1) is 0 Å². The van der Waals surface area contributed by atoms with E-state index < -0.39 is 0 Å². The van der Waals surface area contributed by atoms with Crippen molar-refractivity contribution in [1.82, 2.24) is 4.57 Å². The predicted octanol–water partition coefficient (Wildman–Crippen LogP) is 13.6. The summed E-state index contributed by atoms with van der Waals surface area (Å²) in [6.45, 7) is 0. The topological polar surface area (TPSA) is 21.3 Å². The number of rotatable bonds is 4. The molecule has 0 N–H and O–H groups in total. The second kappa shape index (κ2) is 10.8. The van der Waals surface area contributed by atoms with Gasteiger partial charge >= 0.3 is 0 Å². The first-order valence-electron chi connectivity index (χ1n) is 17.4. The van der Waals surface area contributed by atoms with Crippen LogP contribution in [0.5, 0.6) is 0 Å². The summed E-state index contributed by atoms with van der Waals surface area (Å²) in [5.41, 5.74) is 8.46. The smallest absolute Gasteiger partial charge is 0.159 e. The van der Waals surface area contributed by atoms with Crippen molar-refractivity contribution in [2.45, 2.75) is 0 Å². The Bertz CT molecular complexity index is 3150. The Balaban J connectivity index is 1.20. The number of furan rings is 1. The van der Waals surface area contributed by atoms with E-state index in [1.807, 2.05) is 0 Å². The van der Waals surface area contributed by atoms with Gasteiger partial charge in [-0.3, -0.25) is 0 Å². The monoisotopic (exact) mass is 650 g/mol. The van der Waals surface area contributed by atoms with Crippen LogP contribution in [0.15, 0.2) is 186 Å². The van der Waals surface area contributed by atoms with Gasteiger partial charge in [0.2, 0.25) is 0 Å². The number of fused-ring (bicyclic) bond motifs is 11. The summed E-state index contributed by atoms with van der Waals surface area (Å²) in [5, 5.41) is 11.9. The molecule has 11 rings (SSSR count). The van der Waals surface area contributed by atoms with Crippen LogP contribution >= 0.6 is 0 Å². The van der Waals surface area contributed by atoms with Crippen LogP contribution in [0.2, 0.25) is 0 Å². The van der Waals surface area contributed by atoms with E-state index in [0.29, 0.717) is 0 Å². The normalized spacial score (nSPS) is 11.9. The third-order valence-electron chi connectivity index (χ3n) is 10.5. The van der Waals surface area contributed by atoms with Gasteiger partial charge in [-0.25, -0.2) is 0 Å². The van der Waals surface area contributed by atoms with Crippen molar-refractivity contribution in [2.24, 2.45) is 0 Å². The molecule has 0 fully saturated rings. The number of aromatic nitrogens is 1. The van der Waals surface area contributed by atoms with Gasteiger partial charge in [-0.1, -0.05) is 127 Å². The Morgan fingerprint density at radius 1 is 0.373 bits per heavy atom. The number of nitrogens with zero attached hydrogens (tertiary/aromatic N) is 2. The van der Waals surface area contributed by atoms with Gasteiger partial charge in [0.25, 0.3) is 0 Å². The van der Waals surface area contributed by atoms with Crippen LogP contribution in [0.25, 0.3) is 81.7 Å². The number of hydrogen-bond donors (Lipinski definition) is 0. The zero-order valence-electron chi connectivity index (χ0n) is 27.6. The van der Waals surface area contributed by atoms with E-state index in [1.165, 1.54) is 48.7 Å². The second-order valence-corrected chi connectivity index (χ2v) is 13.3. The maximum Gasteiger partial charge on any atom is 0.159 e. The first-order valence-corrected chi connectivity index (χ1v) is 17.4. The molecule has 0 spiro atoms. The zero-order chi connectivity index (χ0) is 33.5. The fraction of sp³-hybridized carbons (Fsp3) is 0. The Morgan fingerprint density at radius 3 is 1.86 bits per heavy atom. The molecule has 238 valence electrons. The molecule has 0 amide bonds. The fourth-order valence-corrected chi connectivity index (χ4v) is 8.18. The Labute approximate surface area is 293 Å². The number of anilines is 3. The van der Waals surface area contributed by atoms with Gasteiger partial charge in [-0.2, -0.15) is 0 Å². The Hall–Kier alpha value is -6.84. The molecule has 9 aromatic carbocycles. The molecule has 0 bridgehead atoms. The van der Waals surface area contributed by atoms with Crippen LogP contribution in [0.3, 0.4) is 0 Å². The molecule has 2 heterocycles. The maximum absolute atomic E-state index is 6.88. The summed E-state index contributed by atoms with van der Waals surface area (Å²) < 4.78 is 9.32. The minimum absolute atomic E-state index is 0.873. The quantitative estimate of drug-likeness (QED) is 0.189. The Morgan fingerprint density at radius 2 is 1.02 bits per heavy atom. The highest BCUT2D eigenvalue weighted by Gasteiger charge is 2.22. The molecule has 0 unspecified atom stereocenters. The van der Waals surface area contributed by atoms with E-state index in [-0.39, 0.29) is 0 Å². The van der Waals surface area contributed by atoms with E-state index in [4.69, 9.17) is 4.42 Å². The molecule has 0 saturated carbocycles. The van der Waals surface area contributed by atoms with E-state index in [0.717, 1.165) is 50.1 Å². The summed E-state index contributed by atoms with van der Waals surface area (Å²) in [6, 6.07) is 65.5. The molecule has 2 aromatic heterocycles. The summed E-state index contributed by atoms with van der Waals surface area (Å²) in [5.74, 6) is 0. The molecule has 0 radical (unpaired) electrons. The first kappa shape index (κ1) is 28.0. The Kier molecular flexibility index (Phi) is 5.96. The highest BCUT2D eigenvalue weighted by molar-refractivity contribution is 6.20. The van der Waals surface area contributed by atoms with Crippen LogP contribution in [-0.2, 0) is 0 Å². The molecule has 0 saturated heterocycles. The van der Waals surface area contributed by atoms with Crippen molar-refractivity contribution in [3.05, 3.63) is 182 Å². The summed E-state index contributed by atoms with van der Waals surface area (Å²) in [7, 11) is 0. The predicted molar refractivity (Wildman–Crippen MR) is 215 cm³/mol. The van der Waals surface area contributed by atoms with Gasteiger partial charge in [0, 0.05) is 49.4 Å². The molecule has 3 nitrogen and oxygen atoms in total. The third kappa shape index (κ3) is 4.19. The summed E-state index contributed by atoms with van der Waals surface area (Å²) in [4.78, 5) is 2.34. The highest BCUT2D eigenvalue weighted by atomic mass is 16.3. The lowest BCUT2D eigenvalue weighted by Gasteiger charge is -2.25. The molecular formula is C48H30N2O. The lowest BCUT2D eigenvalue weighted by molar-refractivity contribution is 0.673. The van der Waals surface area contributed by atoms with Gasteiger partial charge in [0.05, 0.1) is 16.7 Å². The molecule has 11 aromatic rings. The van der Waals surface area contributed by atoms with E-state index in [1.54, 1.807) is 0 Å². The fourth-order valence-electron chi connectivity index (χ4n) is 8.18. The van der Waals surface area contributed by atoms with Crippen molar-refractivity contribution in [3.63, 3.8) is 0 Å². The summed E-state index contributed by atoms with van der Waals surface area (Å²) in [6.07, 6.45) is 0. The van der Waals surface area contributed by atoms with Crippen molar-refractivity contribution < 1.29 is 4.42 Å². The molecule has 51 heavy (non-hydrogen) atoms. The molecule has 0 aliphatic heterocycles. The van der Waals surface area contributed by atoms with Crippen LogP contribution < -0.4 is 4.90 Å². The second-order valence-electron chi connectivity index (χ2n) is 13.3. The number of para-hydroxylation sites is 2. The van der Waals surface area contributed by atoms with E-state index in [2.05, 4.69) is 191 Å². The summed E-state index contributed by atoms with van der Waals surface area (Å²) >= 11 is 0. The molecular weight excluding hydrogens is 621 g/mol. The number of hydrogen-bond acceptors (Lipinski definition) is 2. The SMILES string of the molecule is c1ccc(N(c2ccc3c(c2)c2ccc4ccccc4c2n3-c2ccc3ccccc3c2)c2cccc3c2oc2c4ccccc4ccc32)cc1. The van der Waals surface area contributed by atoms with Gasteiger partial charge < -0.3 is 13.9 Å². The largest absolute Gasteiger partial charge is 0.453 e. The van der Waals surface area contributed by atoms with Gasteiger partial charge in [-0.05, 0) is 76.1 Å². The van der Waals surface area contributed by atoms with E-state index in [9.17, 15) is 0 Å².